The predicted molar refractivity (Wildman–Crippen MR) is 92.6 cm³/mol. The Kier molecular flexibility index (Phi) is 4.22. The Morgan fingerprint density at radius 1 is 1.17 bits per heavy atom. The molecule has 0 radical (unpaired) electrons. The summed E-state index contributed by atoms with van der Waals surface area (Å²) in [5.41, 5.74) is 1.62. The largest absolute Gasteiger partial charge is 0.341 e. The summed E-state index contributed by atoms with van der Waals surface area (Å²) in [5, 5.41) is 3.32. The van der Waals surface area contributed by atoms with Crippen LogP contribution in [0.5, 0.6) is 0 Å². The number of hydrogen-bond donors (Lipinski definition) is 0. The monoisotopic (exact) mass is 347 g/mol. The van der Waals surface area contributed by atoms with Crippen LogP contribution in [0.1, 0.15) is 30.0 Å². The Bertz CT molecular complexity index is 693. The van der Waals surface area contributed by atoms with Gasteiger partial charge in [-0.2, -0.15) is 0 Å². The van der Waals surface area contributed by atoms with E-state index in [1.54, 1.807) is 11.3 Å². The fourth-order valence-corrected chi connectivity index (χ4v) is 4.53. The van der Waals surface area contributed by atoms with E-state index in [9.17, 15) is 4.39 Å². The SMILES string of the molecule is Cc1nc(CN2CCC3(CCN(c4ncc(F)cn4)CC3)C2)cs1. The number of likely N-dealkylation sites (tertiary alicyclic amines) is 1. The normalized spacial score (nSPS) is 20.8. The zero-order chi connectivity index (χ0) is 16.6. The fourth-order valence-electron chi connectivity index (χ4n) is 3.93. The van der Waals surface area contributed by atoms with Crippen LogP contribution in [0.25, 0.3) is 0 Å². The van der Waals surface area contributed by atoms with E-state index >= 15 is 0 Å². The third-order valence-electron chi connectivity index (χ3n) is 5.28. The Labute approximate surface area is 145 Å². The lowest BCUT2D eigenvalue weighted by Crippen LogP contribution is -2.42. The molecular weight excluding hydrogens is 325 g/mol. The Morgan fingerprint density at radius 3 is 2.54 bits per heavy atom. The van der Waals surface area contributed by atoms with Crippen molar-refractivity contribution in [2.45, 2.75) is 32.7 Å². The molecule has 5 nitrogen and oxygen atoms in total. The van der Waals surface area contributed by atoms with Gasteiger partial charge in [-0.1, -0.05) is 0 Å². The molecule has 4 rings (SSSR count). The number of nitrogens with zero attached hydrogens (tertiary/aromatic N) is 5. The third-order valence-corrected chi connectivity index (χ3v) is 6.11. The van der Waals surface area contributed by atoms with E-state index in [2.05, 4.69) is 37.1 Å². The number of halogens is 1. The van der Waals surface area contributed by atoms with Gasteiger partial charge in [-0.3, -0.25) is 4.90 Å². The molecule has 0 amide bonds. The topological polar surface area (TPSA) is 45.2 Å². The van der Waals surface area contributed by atoms with Crippen LogP contribution in [0.2, 0.25) is 0 Å². The van der Waals surface area contributed by atoms with Gasteiger partial charge in [-0.15, -0.1) is 11.3 Å². The van der Waals surface area contributed by atoms with E-state index in [1.807, 2.05) is 0 Å². The molecule has 0 N–H and O–H groups in total. The summed E-state index contributed by atoms with van der Waals surface area (Å²) >= 11 is 1.73. The molecule has 2 fully saturated rings. The van der Waals surface area contributed by atoms with Crippen LogP contribution in [0.3, 0.4) is 0 Å². The van der Waals surface area contributed by atoms with Crippen molar-refractivity contribution in [3.05, 3.63) is 34.3 Å². The van der Waals surface area contributed by atoms with E-state index in [1.165, 1.54) is 24.5 Å². The molecule has 2 aliphatic heterocycles. The second kappa shape index (κ2) is 6.37. The summed E-state index contributed by atoms with van der Waals surface area (Å²) in [4.78, 5) is 17.5. The quantitative estimate of drug-likeness (QED) is 0.854. The lowest BCUT2D eigenvalue weighted by atomic mass is 9.78. The molecule has 0 unspecified atom stereocenters. The molecule has 1 spiro atoms. The average molecular weight is 347 g/mol. The molecule has 2 saturated heterocycles. The highest BCUT2D eigenvalue weighted by molar-refractivity contribution is 7.09. The Morgan fingerprint density at radius 2 is 1.88 bits per heavy atom. The molecule has 0 aromatic carbocycles. The zero-order valence-electron chi connectivity index (χ0n) is 13.9. The summed E-state index contributed by atoms with van der Waals surface area (Å²) in [5.74, 6) is 0.273. The maximum Gasteiger partial charge on any atom is 0.225 e. The van der Waals surface area contributed by atoms with Crippen molar-refractivity contribution >= 4 is 17.3 Å². The predicted octanol–water partition coefficient (Wildman–Crippen LogP) is 2.87. The molecule has 4 heterocycles. The highest BCUT2D eigenvalue weighted by atomic mass is 32.1. The van der Waals surface area contributed by atoms with Crippen LogP contribution in [0.15, 0.2) is 17.8 Å². The van der Waals surface area contributed by atoms with Crippen molar-refractivity contribution < 1.29 is 4.39 Å². The van der Waals surface area contributed by atoms with Gasteiger partial charge in [0, 0.05) is 31.6 Å². The highest BCUT2D eigenvalue weighted by Gasteiger charge is 2.40. The fraction of sp³-hybridized carbons (Fsp3) is 0.588. The molecule has 2 aromatic rings. The number of aromatic nitrogens is 3. The Balaban J connectivity index is 1.34. The molecule has 2 aliphatic rings. The van der Waals surface area contributed by atoms with E-state index in [0.29, 0.717) is 11.4 Å². The van der Waals surface area contributed by atoms with Gasteiger partial charge in [0.15, 0.2) is 5.82 Å². The minimum absolute atomic E-state index is 0.379. The molecule has 7 heteroatoms. The van der Waals surface area contributed by atoms with Crippen LogP contribution < -0.4 is 4.90 Å². The van der Waals surface area contributed by atoms with Crippen LogP contribution in [-0.4, -0.2) is 46.0 Å². The van der Waals surface area contributed by atoms with E-state index in [-0.39, 0.29) is 5.82 Å². The molecule has 0 atom stereocenters. The van der Waals surface area contributed by atoms with Gasteiger partial charge in [0.2, 0.25) is 5.95 Å². The van der Waals surface area contributed by atoms with E-state index in [0.717, 1.165) is 50.6 Å². The molecule has 0 saturated carbocycles. The van der Waals surface area contributed by atoms with Crippen LogP contribution in [0.4, 0.5) is 10.3 Å². The lowest BCUT2D eigenvalue weighted by Gasteiger charge is -2.39. The van der Waals surface area contributed by atoms with Gasteiger partial charge in [0.25, 0.3) is 0 Å². The first-order valence-corrected chi connectivity index (χ1v) is 9.36. The smallest absolute Gasteiger partial charge is 0.225 e. The zero-order valence-corrected chi connectivity index (χ0v) is 14.7. The van der Waals surface area contributed by atoms with Crippen molar-refractivity contribution in [3.63, 3.8) is 0 Å². The molecule has 128 valence electrons. The molecule has 0 aliphatic carbocycles. The number of rotatable bonds is 3. The number of hydrogen-bond acceptors (Lipinski definition) is 6. The van der Waals surface area contributed by atoms with Crippen LogP contribution in [0, 0.1) is 18.2 Å². The first kappa shape index (κ1) is 15.9. The van der Waals surface area contributed by atoms with Crippen molar-refractivity contribution in [1.29, 1.82) is 0 Å². The first-order valence-electron chi connectivity index (χ1n) is 8.48. The lowest BCUT2D eigenvalue weighted by molar-refractivity contribution is 0.204. The minimum Gasteiger partial charge on any atom is -0.341 e. The first-order chi connectivity index (χ1) is 11.6. The molecule has 0 bridgehead atoms. The number of thiazole rings is 1. The molecule has 24 heavy (non-hydrogen) atoms. The standard InChI is InChI=1S/C17H22FN5S/c1-13-21-15(11-24-13)10-22-5-2-17(12-22)3-6-23(7-4-17)16-19-8-14(18)9-20-16/h8-9,11H,2-7,10,12H2,1H3. The Hall–Kier alpha value is -1.60. The van der Waals surface area contributed by atoms with Crippen molar-refractivity contribution in [2.24, 2.45) is 5.41 Å². The number of aryl methyl sites for hydroxylation is 1. The highest BCUT2D eigenvalue weighted by Crippen LogP contribution is 2.41. The minimum atomic E-state index is -0.379. The van der Waals surface area contributed by atoms with Gasteiger partial charge < -0.3 is 4.90 Å². The summed E-state index contributed by atoms with van der Waals surface area (Å²) in [6, 6.07) is 0. The molecule has 2 aromatic heterocycles. The number of piperidine rings is 1. The average Bonchev–Trinajstić information content (AvgIpc) is 3.16. The van der Waals surface area contributed by atoms with Gasteiger partial charge in [0.1, 0.15) is 0 Å². The van der Waals surface area contributed by atoms with Crippen LogP contribution >= 0.6 is 11.3 Å². The summed E-state index contributed by atoms with van der Waals surface area (Å²) in [6.07, 6.45) is 6.06. The summed E-state index contributed by atoms with van der Waals surface area (Å²) in [6.45, 7) is 7.25. The van der Waals surface area contributed by atoms with Gasteiger partial charge >= 0.3 is 0 Å². The van der Waals surface area contributed by atoms with Gasteiger partial charge in [-0.25, -0.2) is 19.3 Å². The summed E-state index contributed by atoms with van der Waals surface area (Å²) < 4.78 is 13.0. The second-order valence-corrected chi connectivity index (χ2v) is 8.07. The second-order valence-electron chi connectivity index (χ2n) is 7.01. The van der Waals surface area contributed by atoms with Crippen molar-refractivity contribution in [1.82, 2.24) is 19.9 Å². The van der Waals surface area contributed by atoms with Crippen LogP contribution in [-0.2, 0) is 6.54 Å². The van der Waals surface area contributed by atoms with Gasteiger partial charge in [-0.05, 0) is 38.1 Å². The van der Waals surface area contributed by atoms with E-state index in [4.69, 9.17) is 0 Å². The van der Waals surface area contributed by atoms with Crippen molar-refractivity contribution in [3.8, 4) is 0 Å². The third kappa shape index (κ3) is 3.28. The molecular formula is C17H22FN5S. The number of anilines is 1. The maximum atomic E-state index is 13.0. The van der Waals surface area contributed by atoms with Gasteiger partial charge in [0.05, 0.1) is 23.1 Å². The van der Waals surface area contributed by atoms with E-state index < -0.39 is 0 Å². The van der Waals surface area contributed by atoms with Crippen molar-refractivity contribution in [2.75, 3.05) is 31.1 Å². The summed E-state index contributed by atoms with van der Waals surface area (Å²) in [7, 11) is 0. The maximum absolute atomic E-state index is 13.0.